The van der Waals surface area contributed by atoms with Crippen LogP contribution in [-0.2, 0) is 0 Å². The molecule has 2 fully saturated rings. The summed E-state index contributed by atoms with van der Waals surface area (Å²) in [5.74, 6) is 2.19. The zero-order valence-electron chi connectivity index (χ0n) is 15.1. The standard InChI is InChI=1S/C19H24N6O/c1-14-16(19(26)25-8-2-3-9-25)12-22-18(23-14)15-4-10-24(11-5-15)17-13-20-6-7-21-17/h6-7,12-13,15H,2-5,8-11H2,1H3. The number of carbonyl (C=O) groups is 1. The number of anilines is 1. The predicted octanol–water partition coefficient (Wildman–Crippen LogP) is 2.20. The zero-order chi connectivity index (χ0) is 17.9. The van der Waals surface area contributed by atoms with Crippen LogP contribution in [0.1, 0.15) is 53.5 Å². The van der Waals surface area contributed by atoms with Gasteiger partial charge in [0, 0.05) is 50.7 Å². The zero-order valence-corrected chi connectivity index (χ0v) is 15.1. The first-order valence-electron chi connectivity index (χ1n) is 9.36. The molecule has 0 atom stereocenters. The van der Waals surface area contributed by atoms with Gasteiger partial charge < -0.3 is 9.80 Å². The van der Waals surface area contributed by atoms with E-state index in [4.69, 9.17) is 0 Å². The average Bonchev–Trinajstić information content (AvgIpc) is 3.23. The number of hydrogen-bond acceptors (Lipinski definition) is 6. The van der Waals surface area contributed by atoms with Gasteiger partial charge in [0.05, 0.1) is 17.5 Å². The van der Waals surface area contributed by atoms with E-state index >= 15 is 0 Å². The van der Waals surface area contributed by atoms with Crippen molar-refractivity contribution in [2.75, 3.05) is 31.1 Å². The predicted molar refractivity (Wildman–Crippen MR) is 98.1 cm³/mol. The summed E-state index contributed by atoms with van der Waals surface area (Å²) < 4.78 is 0. The van der Waals surface area contributed by atoms with E-state index in [2.05, 4.69) is 24.8 Å². The number of nitrogens with zero attached hydrogens (tertiary/aromatic N) is 6. The van der Waals surface area contributed by atoms with Crippen molar-refractivity contribution < 1.29 is 4.79 Å². The maximum atomic E-state index is 12.6. The number of piperidine rings is 1. The fraction of sp³-hybridized carbons (Fsp3) is 0.526. The molecule has 2 aliphatic heterocycles. The number of aryl methyl sites for hydroxylation is 1. The first-order chi connectivity index (χ1) is 12.7. The Hall–Kier alpha value is -2.57. The Morgan fingerprint density at radius 1 is 1.04 bits per heavy atom. The van der Waals surface area contributed by atoms with Gasteiger partial charge in [-0.1, -0.05) is 0 Å². The number of hydrogen-bond donors (Lipinski definition) is 0. The molecule has 2 saturated heterocycles. The summed E-state index contributed by atoms with van der Waals surface area (Å²) in [5, 5.41) is 0. The van der Waals surface area contributed by atoms with Crippen molar-refractivity contribution in [2.45, 2.75) is 38.5 Å². The smallest absolute Gasteiger partial charge is 0.257 e. The van der Waals surface area contributed by atoms with Crippen LogP contribution < -0.4 is 4.90 Å². The van der Waals surface area contributed by atoms with Crippen molar-refractivity contribution in [2.24, 2.45) is 0 Å². The Balaban J connectivity index is 1.42. The van der Waals surface area contributed by atoms with Crippen LogP contribution in [0.5, 0.6) is 0 Å². The SMILES string of the molecule is Cc1nc(C2CCN(c3cnccn3)CC2)ncc1C(=O)N1CCCC1. The molecule has 2 aromatic heterocycles. The molecule has 0 aromatic carbocycles. The molecule has 1 amide bonds. The van der Waals surface area contributed by atoms with Crippen LogP contribution in [0.25, 0.3) is 0 Å². The monoisotopic (exact) mass is 352 g/mol. The van der Waals surface area contributed by atoms with Gasteiger partial charge >= 0.3 is 0 Å². The molecule has 2 aliphatic rings. The highest BCUT2D eigenvalue weighted by Gasteiger charge is 2.26. The molecule has 7 nitrogen and oxygen atoms in total. The van der Waals surface area contributed by atoms with Crippen LogP contribution in [0.15, 0.2) is 24.8 Å². The fourth-order valence-electron chi connectivity index (χ4n) is 3.80. The lowest BCUT2D eigenvalue weighted by atomic mass is 9.95. The second kappa shape index (κ2) is 7.35. The quantitative estimate of drug-likeness (QED) is 0.843. The first kappa shape index (κ1) is 16.9. The van der Waals surface area contributed by atoms with Crippen molar-refractivity contribution in [3.63, 3.8) is 0 Å². The van der Waals surface area contributed by atoms with Gasteiger partial charge in [0.25, 0.3) is 5.91 Å². The summed E-state index contributed by atoms with van der Waals surface area (Å²) in [6.07, 6.45) is 11.1. The van der Waals surface area contributed by atoms with E-state index in [1.165, 1.54) is 0 Å². The van der Waals surface area contributed by atoms with Gasteiger partial charge in [-0.25, -0.2) is 15.0 Å². The molecule has 26 heavy (non-hydrogen) atoms. The molecule has 2 aromatic rings. The highest BCUT2D eigenvalue weighted by Crippen LogP contribution is 2.28. The second-order valence-electron chi connectivity index (χ2n) is 7.05. The molecule has 0 aliphatic carbocycles. The molecule has 0 saturated carbocycles. The van der Waals surface area contributed by atoms with Crippen molar-refractivity contribution in [3.05, 3.63) is 41.9 Å². The van der Waals surface area contributed by atoms with E-state index in [0.29, 0.717) is 11.5 Å². The molecule has 0 radical (unpaired) electrons. The molecule has 4 heterocycles. The van der Waals surface area contributed by atoms with Crippen molar-refractivity contribution in [1.82, 2.24) is 24.8 Å². The maximum Gasteiger partial charge on any atom is 0.257 e. The van der Waals surface area contributed by atoms with Gasteiger partial charge in [0.2, 0.25) is 0 Å². The van der Waals surface area contributed by atoms with Crippen LogP contribution in [0, 0.1) is 6.92 Å². The average molecular weight is 352 g/mol. The van der Waals surface area contributed by atoms with E-state index in [1.54, 1.807) is 24.8 Å². The second-order valence-corrected chi connectivity index (χ2v) is 7.05. The highest BCUT2D eigenvalue weighted by molar-refractivity contribution is 5.95. The van der Waals surface area contributed by atoms with Crippen LogP contribution in [-0.4, -0.2) is 56.9 Å². The third kappa shape index (κ3) is 3.38. The number of aromatic nitrogens is 4. The van der Waals surface area contributed by atoms with Gasteiger partial charge in [-0.05, 0) is 32.6 Å². The van der Waals surface area contributed by atoms with Crippen LogP contribution >= 0.6 is 0 Å². The lowest BCUT2D eigenvalue weighted by Crippen LogP contribution is -2.34. The van der Waals surface area contributed by atoms with Gasteiger partial charge in [-0.2, -0.15) is 0 Å². The number of likely N-dealkylation sites (tertiary alicyclic amines) is 1. The van der Waals surface area contributed by atoms with Gasteiger partial charge in [-0.3, -0.25) is 9.78 Å². The maximum absolute atomic E-state index is 12.6. The van der Waals surface area contributed by atoms with E-state index in [-0.39, 0.29) is 5.91 Å². The summed E-state index contributed by atoms with van der Waals surface area (Å²) in [5.41, 5.74) is 1.44. The van der Waals surface area contributed by atoms with E-state index in [9.17, 15) is 4.79 Å². The highest BCUT2D eigenvalue weighted by atomic mass is 16.2. The number of carbonyl (C=O) groups excluding carboxylic acids is 1. The number of amides is 1. The minimum Gasteiger partial charge on any atom is -0.355 e. The van der Waals surface area contributed by atoms with Crippen molar-refractivity contribution in [3.8, 4) is 0 Å². The Bertz CT molecular complexity index is 767. The third-order valence-corrected chi connectivity index (χ3v) is 5.36. The molecule has 0 spiro atoms. The first-order valence-corrected chi connectivity index (χ1v) is 9.36. The molecule has 4 rings (SSSR count). The molecular formula is C19H24N6O. The normalized spacial score (nSPS) is 18.3. The largest absolute Gasteiger partial charge is 0.355 e. The lowest BCUT2D eigenvalue weighted by Gasteiger charge is -2.32. The Labute approximate surface area is 153 Å². The summed E-state index contributed by atoms with van der Waals surface area (Å²) >= 11 is 0. The Morgan fingerprint density at radius 2 is 1.81 bits per heavy atom. The molecular weight excluding hydrogens is 328 g/mol. The minimum atomic E-state index is 0.0732. The molecule has 0 unspecified atom stereocenters. The molecule has 136 valence electrons. The van der Waals surface area contributed by atoms with Gasteiger partial charge in [0.1, 0.15) is 11.6 Å². The summed E-state index contributed by atoms with van der Waals surface area (Å²) in [4.78, 5) is 34.5. The summed E-state index contributed by atoms with van der Waals surface area (Å²) in [7, 11) is 0. The number of rotatable bonds is 3. The lowest BCUT2D eigenvalue weighted by molar-refractivity contribution is 0.0791. The van der Waals surface area contributed by atoms with E-state index in [0.717, 1.165) is 69.2 Å². The van der Waals surface area contributed by atoms with Crippen molar-refractivity contribution >= 4 is 11.7 Å². The van der Waals surface area contributed by atoms with Crippen LogP contribution in [0.2, 0.25) is 0 Å². The molecule has 0 N–H and O–H groups in total. The van der Waals surface area contributed by atoms with E-state index in [1.807, 2.05) is 11.8 Å². The molecule has 0 bridgehead atoms. The third-order valence-electron chi connectivity index (χ3n) is 5.36. The summed E-state index contributed by atoms with van der Waals surface area (Å²) in [6, 6.07) is 0. The minimum absolute atomic E-state index is 0.0732. The van der Waals surface area contributed by atoms with Crippen LogP contribution in [0.3, 0.4) is 0 Å². The topological polar surface area (TPSA) is 75.1 Å². The Morgan fingerprint density at radius 3 is 2.46 bits per heavy atom. The van der Waals surface area contributed by atoms with Gasteiger partial charge in [-0.15, -0.1) is 0 Å². The summed E-state index contributed by atoms with van der Waals surface area (Å²) in [6.45, 7) is 5.45. The van der Waals surface area contributed by atoms with Crippen LogP contribution in [0.4, 0.5) is 5.82 Å². The molecule has 7 heteroatoms. The van der Waals surface area contributed by atoms with Crippen molar-refractivity contribution in [1.29, 1.82) is 0 Å². The van der Waals surface area contributed by atoms with E-state index < -0.39 is 0 Å². The van der Waals surface area contributed by atoms with Gasteiger partial charge in [0.15, 0.2) is 0 Å². The Kier molecular flexibility index (Phi) is 4.77. The fourth-order valence-corrected chi connectivity index (χ4v) is 3.80.